The third-order valence-corrected chi connectivity index (χ3v) is 8.47. The molecule has 0 saturated carbocycles. The summed E-state index contributed by atoms with van der Waals surface area (Å²) in [5.41, 5.74) is 2.87. The monoisotopic (exact) mass is 640 g/mol. The van der Waals surface area contributed by atoms with E-state index in [1.807, 2.05) is 31.2 Å². The second-order valence-corrected chi connectivity index (χ2v) is 11.3. The SMILES string of the molecule is C=CCOC(=O)c1sc(N2C(=O)C(=O)C(=C(O)c3ccc(OCc4ccccc4C)cc3)C2c2ccc(O)c(OCC)c2)nc1C. The molecule has 0 bridgehead atoms. The number of phenolic OH excluding ortho intramolecular Hbond substituents is 1. The minimum Gasteiger partial charge on any atom is -0.507 e. The van der Waals surface area contributed by atoms with Crippen LogP contribution in [-0.4, -0.2) is 46.1 Å². The van der Waals surface area contributed by atoms with Gasteiger partial charge in [0.15, 0.2) is 16.6 Å². The van der Waals surface area contributed by atoms with Crippen molar-refractivity contribution < 1.29 is 38.8 Å². The summed E-state index contributed by atoms with van der Waals surface area (Å²) in [6, 6.07) is 17.6. The van der Waals surface area contributed by atoms with E-state index < -0.39 is 29.5 Å². The maximum Gasteiger partial charge on any atom is 0.350 e. The van der Waals surface area contributed by atoms with Crippen molar-refractivity contribution in [3.8, 4) is 17.2 Å². The fourth-order valence-corrected chi connectivity index (χ4v) is 5.98. The molecular weight excluding hydrogens is 608 g/mol. The molecule has 5 rings (SSSR count). The van der Waals surface area contributed by atoms with E-state index in [2.05, 4.69) is 11.6 Å². The lowest BCUT2D eigenvalue weighted by molar-refractivity contribution is -0.132. The van der Waals surface area contributed by atoms with Crippen LogP contribution in [-0.2, 0) is 20.9 Å². The summed E-state index contributed by atoms with van der Waals surface area (Å²) in [6.07, 6.45) is 1.43. The molecule has 0 spiro atoms. The summed E-state index contributed by atoms with van der Waals surface area (Å²) in [7, 11) is 0. The topological polar surface area (TPSA) is 135 Å². The Bertz CT molecular complexity index is 1840. The molecule has 1 aliphatic heterocycles. The Morgan fingerprint density at radius 3 is 2.50 bits per heavy atom. The number of nitrogens with zero attached hydrogens (tertiary/aromatic N) is 2. The molecule has 1 aliphatic rings. The number of phenols is 1. The number of benzene rings is 3. The molecule has 1 fully saturated rings. The highest BCUT2D eigenvalue weighted by Crippen LogP contribution is 2.45. The molecular formula is C35H32N2O8S. The van der Waals surface area contributed by atoms with Crippen LogP contribution in [0.4, 0.5) is 5.13 Å². The molecule has 1 unspecified atom stereocenters. The molecule has 4 aromatic rings. The van der Waals surface area contributed by atoms with Crippen molar-refractivity contribution in [2.24, 2.45) is 0 Å². The number of ketones is 1. The number of aliphatic hydroxyl groups excluding tert-OH is 1. The van der Waals surface area contributed by atoms with Crippen molar-refractivity contribution in [3.05, 3.63) is 118 Å². The van der Waals surface area contributed by atoms with Gasteiger partial charge in [-0.3, -0.25) is 14.5 Å². The number of esters is 1. The number of carbonyl (C=O) groups is 3. The lowest BCUT2D eigenvalue weighted by atomic mass is 9.95. The van der Waals surface area contributed by atoms with Crippen LogP contribution in [0.1, 0.15) is 50.6 Å². The van der Waals surface area contributed by atoms with E-state index in [0.29, 0.717) is 23.6 Å². The number of aromatic hydroxyl groups is 1. The van der Waals surface area contributed by atoms with E-state index in [0.717, 1.165) is 27.4 Å². The molecule has 1 amide bonds. The van der Waals surface area contributed by atoms with Gasteiger partial charge in [0.2, 0.25) is 0 Å². The number of thiazole rings is 1. The minimum atomic E-state index is -1.17. The van der Waals surface area contributed by atoms with E-state index in [9.17, 15) is 24.6 Å². The van der Waals surface area contributed by atoms with Crippen LogP contribution in [0.25, 0.3) is 5.76 Å². The van der Waals surface area contributed by atoms with E-state index in [1.54, 1.807) is 38.1 Å². The first-order valence-corrected chi connectivity index (χ1v) is 15.3. The molecule has 2 N–H and O–H groups in total. The number of Topliss-reactive ketones (excluding diaryl/α,β-unsaturated/α-hetero) is 1. The third kappa shape index (κ3) is 6.36. The highest BCUT2D eigenvalue weighted by molar-refractivity contribution is 7.17. The number of rotatable bonds is 11. The molecule has 1 saturated heterocycles. The first kappa shape index (κ1) is 32.0. The number of aryl methyl sites for hydroxylation is 2. The average molecular weight is 641 g/mol. The number of hydrogen-bond donors (Lipinski definition) is 2. The van der Waals surface area contributed by atoms with Gasteiger partial charge in [-0.25, -0.2) is 9.78 Å². The largest absolute Gasteiger partial charge is 0.507 e. The molecule has 236 valence electrons. The van der Waals surface area contributed by atoms with Crippen molar-refractivity contribution in [1.82, 2.24) is 4.98 Å². The van der Waals surface area contributed by atoms with Crippen LogP contribution in [0, 0.1) is 13.8 Å². The molecule has 11 heteroatoms. The zero-order chi connectivity index (χ0) is 33.0. The maximum atomic E-state index is 13.7. The Morgan fingerprint density at radius 1 is 1.07 bits per heavy atom. The first-order valence-electron chi connectivity index (χ1n) is 14.4. The van der Waals surface area contributed by atoms with Crippen molar-refractivity contribution in [1.29, 1.82) is 0 Å². The van der Waals surface area contributed by atoms with Gasteiger partial charge in [-0.05, 0) is 73.9 Å². The third-order valence-electron chi connectivity index (χ3n) is 7.34. The van der Waals surface area contributed by atoms with E-state index in [4.69, 9.17) is 14.2 Å². The van der Waals surface area contributed by atoms with Gasteiger partial charge in [-0.15, -0.1) is 0 Å². The Labute approximate surface area is 269 Å². The fourth-order valence-electron chi connectivity index (χ4n) is 4.99. The normalized spacial score (nSPS) is 15.5. The lowest BCUT2D eigenvalue weighted by Crippen LogP contribution is -2.29. The smallest absolute Gasteiger partial charge is 0.350 e. The number of aliphatic hydroxyl groups is 1. The van der Waals surface area contributed by atoms with Gasteiger partial charge in [-0.1, -0.05) is 54.3 Å². The minimum absolute atomic E-state index is 0.0144. The maximum absolute atomic E-state index is 13.7. The number of aromatic nitrogens is 1. The van der Waals surface area contributed by atoms with E-state index in [-0.39, 0.29) is 45.9 Å². The quantitative estimate of drug-likeness (QED) is 0.0627. The molecule has 46 heavy (non-hydrogen) atoms. The van der Waals surface area contributed by atoms with E-state index in [1.165, 1.54) is 24.3 Å². The summed E-state index contributed by atoms with van der Waals surface area (Å²) in [5.74, 6) is -2.42. The predicted molar refractivity (Wildman–Crippen MR) is 173 cm³/mol. The van der Waals surface area contributed by atoms with E-state index >= 15 is 0 Å². The zero-order valence-electron chi connectivity index (χ0n) is 25.5. The highest BCUT2D eigenvalue weighted by Gasteiger charge is 2.48. The Kier molecular flexibility index (Phi) is 9.53. The van der Waals surface area contributed by atoms with Crippen LogP contribution in [0.2, 0.25) is 0 Å². The molecule has 1 aromatic heterocycles. The Balaban J connectivity index is 1.56. The number of amides is 1. The van der Waals surface area contributed by atoms with Crippen molar-refractivity contribution in [3.63, 3.8) is 0 Å². The molecule has 0 aliphatic carbocycles. The van der Waals surface area contributed by atoms with Crippen molar-refractivity contribution >= 4 is 39.9 Å². The van der Waals surface area contributed by atoms with Gasteiger partial charge < -0.3 is 24.4 Å². The summed E-state index contributed by atoms with van der Waals surface area (Å²) >= 11 is 0.885. The van der Waals surface area contributed by atoms with Gasteiger partial charge >= 0.3 is 11.9 Å². The molecule has 10 nitrogen and oxygen atoms in total. The van der Waals surface area contributed by atoms with Crippen LogP contribution in [0.5, 0.6) is 17.2 Å². The number of carbonyl (C=O) groups excluding carboxylic acids is 3. The van der Waals surface area contributed by atoms with Crippen molar-refractivity contribution in [2.45, 2.75) is 33.4 Å². The van der Waals surface area contributed by atoms with Gasteiger partial charge in [-0.2, -0.15) is 0 Å². The standard InChI is InChI=1S/C35H32N2O8S/c1-5-17-44-34(42)32-21(4)36-35(46-32)37-29(23-13-16-26(38)27(18-23)43-6-2)28(31(40)33(37)41)30(39)22-11-14-25(15-12-22)45-19-24-10-8-7-9-20(24)3/h5,7-16,18,29,38-39H,1,6,17,19H2,2-4H3. The Hall–Kier alpha value is -5.42. The number of hydrogen-bond acceptors (Lipinski definition) is 10. The fraction of sp³-hybridized carbons (Fsp3) is 0.200. The highest BCUT2D eigenvalue weighted by atomic mass is 32.1. The summed E-state index contributed by atoms with van der Waals surface area (Å²) < 4.78 is 16.7. The Morgan fingerprint density at radius 2 is 1.80 bits per heavy atom. The first-order chi connectivity index (χ1) is 22.1. The summed E-state index contributed by atoms with van der Waals surface area (Å²) in [5, 5.41) is 22.0. The van der Waals surface area contributed by atoms with Crippen LogP contribution < -0.4 is 14.4 Å². The molecule has 1 atom stereocenters. The van der Waals surface area contributed by atoms with Crippen LogP contribution in [0.3, 0.4) is 0 Å². The van der Waals surface area contributed by atoms with Crippen LogP contribution in [0.15, 0.2) is 85.0 Å². The zero-order valence-corrected chi connectivity index (χ0v) is 26.3. The summed E-state index contributed by atoms with van der Waals surface area (Å²) in [6.45, 7) is 9.46. The van der Waals surface area contributed by atoms with Gasteiger partial charge in [0.1, 0.15) is 29.6 Å². The number of anilines is 1. The van der Waals surface area contributed by atoms with Crippen molar-refractivity contribution in [2.75, 3.05) is 18.1 Å². The van der Waals surface area contributed by atoms with Gasteiger partial charge in [0, 0.05) is 5.56 Å². The second kappa shape index (κ2) is 13.7. The summed E-state index contributed by atoms with van der Waals surface area (Å²) in [4.78, 5) is 45.7. The van der Waals surface area contributed by atoms with Crippen LogP contribution >= 0.6 is 11.3 Å². The van der Waals surface area contributed by atoms with Gasteiger partial charge in [0.25, 0.3) is 5.78 Å². The predicted octanol–water partition coefficient (Wildman–Crippen LogP) is 6.41. The molecule has 0 radical (unpaired) electrons. The molecule has 3 aromatic carbocycles. The van der Waals surface area contributed by atoms with Gasteiger partial charge in [0.05, 0.1) is 23.9 Å². The average Bonchev–Trinajstić information content (AvgIpc) is 3.56. The lowest BCUT2D eigenvalue weighted by Gasteiger charge is -2.23. The molecule has 2 heterocycles. The second-order valence-electron chi connectivity index (χ2n) is 10.4. The number of ether oxygens (including phenoxy) is 3.